The van der Waals surface area contributed by atoms with Crippen molar-refractivity contribution in [3.63, 3.8) is 0 Å². The molecule has 3 heteroatoms. The van der Waals surface area contributed by atoms with Crippen molar-refractivity contribution in [2.45, 2.75) is 44.9 Å². The Morgan fingerprint density at radius 3 is 2.31 bits per heavy atom. The summed E-state index contributed by atoms with van der Waals surface area (Å²) >= 11 is 0. The van der Waals surface area contributed by atoms with Gasteiger partial charge in [-0.05, 0) is 19.3 Å². The van der Waals surface area contributed by atoms with E-state index in [1.807, 2.05) is 0 Å². The lowest BCUT2D eigenvalue weighted by molar-refractivity contribution is -0.0315. The summed E-state index contributed by atoms with van der Waals surface area (Å²) in [6.07, 6.45) is 7.26. The van der Waals surface area contributed by atoms with Gasteiger partial charge in [-0.15, -0.1) is 11.8 Å². The number of hydrogen-bond acceptors (Lipinski definition) is 3. The second-order valence-corrected chi connectivity index (χ2v) is 3.66. The molecule has 3 nitrogen and oxygen atoms in total. The highest BCUT2D eigenvalue weighted by Gasteiger charge is 1.89. The van der Waals surface area contributed by atoms with E-state index in [-0.39, 0.29) is 6.61 Å². The maximum absolute atomic E-state index is 8.54. The Bertz CT molecular complexity index is 181. The van der Waals surface area contributed by atoms with Crippen molar-refractivity contribution in [1.29, 1.82) is 0 Å². The number of aliphatic hydroxyl groups is 1. The fourth-order valence-electron chi connectivity index (χ4n) is 1.26. The summed E-state index contributed by atoms with van der Waals surface area (Å²) in [5, 5.41) is 8.54. The molecule has 0 aromatic heterocycles. The maximum Gasteiger partial charge on any atom is 0.146 e. The van der Waals surface area contributed by atoms with E-state index in [0.29, 0.717) is 6.79 Å². The molecule has 0 aliphatic rings. The van der Waals surface area contributed by atoms with Gasteiger partial charge in [0.1, 0.15) is 6.79 Å². The zero-order valence-corrected chi connectivity index (χ0v) is 10.3. The topological polar surface area (TPSA) is 38.7 Å². The number of ether oxygens (including phenoxy) is 2. The largest absolute Gasteiger partial charge is 0.396 e. The lowest BCUT2D eigenvalue weighted by Crippen LogP contribution is -1.98. The van der Waals surface area contributed by atoms with Gasteiger partial charge in [-0.3, -0.25) is 0 Å². The Hall–Kier alpha value is -0.560. The predicted molar refractivity (Wildman–Crippen MR) is 65.0 cm³/mol. The summed E-state index contributed by atoms with van der Waals surface area (Å²) in [5.41, 5.74) is 0. The molecule has 1 N–H and O–H groups in total. The first-order valence-corrected chi connectivity index (χ1v) is 6.05. The number of methoxy groups -OCH3 is 1. The van der Waals surface area contributed by atoms with Crippen LogP contribution < -0.4 is 0 Å². The SMILES string of the molecule is COCOCCCCCCC#CCCCO. The summed E-state index contributed by atoms with van der Waals surface area (Å²) in [5.74, 6) is 6.17. The van der Waals surface area contributed by atoms with Crippen molar-refractivity contribution >= 4 is 0 Å². The van der Waals surface area contributed by atoms with Crippen LogP contribution in [-0.2, 0) is 9.47 Å². The van der Waals surface area contributed by atoms with Crippen LogP contribution in [0.25, 0.3) is 0 Å². The third-order valence-corrected chi connectivity index (χ3v) is 2.13. The van der Waals surface area contributed by atoms with E-state index < -0.39 is 0 Å². The molecule has 0 spiro atoms. The molecular weight excluding hydrogens is 204 g/mol. The first-order valence-electron chi connectivity index (χ1n) is 6.05. The summed E-state index contributed by atoms with van der Waals surface area (Å²) in [6, 6.07) is 0. The third kappa shape index (κ3) is 13.4. The van der Waals surface area contributed by atoms with Crippen LogP contribution in [-0.4, -0.2) is 32.2 Å². The smallest absolute Gasteiger partial charge is 0.146 e. The molecule has 0 bridgehead atoms. The van der Waals surface area contributed by atoms with Crippen LogP contribution in [0, 0.1) is 11.8 Å². The Kier molecular flexibility index (Phi) is 13.9. The fraction of sp³-hybridized carbons (Fsp3) is 0.846. The van der Waals surface area contributed by atoms with E-state index in [0.717, 1.165) is 38.7 Å². The normalized spacial score (nSPS) is 9.88. The summed E-state index contributed by atoms with van der Waals surface area (Å²) in [4.78, 5) is 0. The van der Waals surface area contributed by atoms with Crippen LogP contribution in [0.4, 0.5) is 0 Å². The molecule has 0 amide bonds. The van der Waals surface area contributed by atoms with Crippen LogP contribution in [0.5, 0.6) is 0 Å². The zero-order valence-electron chi connectivity index (χ0n) is 10.3. The molecule has 0 unspecified atom stereocenters. The first-order chi connectivity index (χ1) is 7.91. The quantitative estimate of drug-likeness (QED) is 0.354. The molecule has 0 saturated heterocycles. The number of unbranched alkanes of at least 4 members (excludes halogenated alkanes) is 5. The standard InChI is InChI=1S/C13H24O3/c1-15-13-16-12-10-8-6-4-2-3-5-7-9-11-14/h14H,2,4,6-13H2,1H3. The van der Waals surface area contributed by atoms with Crippen molar-refractivity contribution in [1.82, 2.24) is 0 Å². The second kappa shape index (κ2) is 14.4. The second-order valence-electron chi connectivity index (χ2n) is 3.66. The summed E-state index contributed by atoms with van der Waals surface area (Å²) in [6.45, 7) is 1.43. The fourth-order valence-corrected chi connectivity index (χ4v) is 1.26. The molecular formula is C13H24O3. The molecule has 0 rings (SSSR count). The van der Waals surface area contributed by atoms with E-state index in [1.165, 1.54) is 12.8 Å². The van der Waals surface area contributed by atoms with Gasteiger partial charge in [0.05, 0.1) is 0 Å². The van der Waals surface area contributed by atoms with Crippen molar-refractivity contribution in [3.8, 4) is 11.8 Å². The Morgan fingerprint density at radius 2 is 1.62 bits per heavy atom. The molecule has 0 radical (unpaired) electrons. The van der Waals surface area contributed by atoms with Gasteiger partial charge in [-0.1, -0.05) is 12.8 Å². The zero-order chi connectivity index (χ0) is 11.9. The van der Waals surface area contributed by atoms with Gasteiger partial charge in [0, 0.05) is 33.2 Å². The van der Waals surface area contributed by atoms with E-state index >= 15 is 0 Å². The number of aliphatic hydroxyl groups excluding tert-OH is 1. The Balaban J connectivity index is 2.99. The molecule has 94 valence electrons. The van der Waals surface area contributed by atoms with E-state index in [1.54, 1.807) is 7.11 Å². The Morgan fingerprint density at radius 1 is 0.938 bits per heavy atom. The van der Waals surface area contributed by atoms with Crippen LogP contribution in [0.15, 0.2) is 0 Å². The van der Waals surface area contributed by atoms with Gasteiger partial charge in [0.25, 0.3) is 0 Å². The molecule has 0 aliphatic heterocycles. The van der Waals surface area contributed by atoms with E-state index in [9.17, 15) is 0 Å². The average molecular weight is 228 g/mol. The van der Waals surface area contributed by atoms with Crippen molar-refractivity contribution in [2.24, 2.45) is 0 Å². The van der Waals surface area contributed by atoms with Gasteiger partial charge in [0.15, 0.2) is 0 Å². The number of hydrogen-bond donors (Lipinski definition) is 1. The lowest BCUT2D eigenvalue weighted by Gasteiger charge is -2.01. The molecule has 16 heavy (non-hydrogen) atoms. The third-order valence-electron chi connectivity index (χ3n) is 2.13. The predicted octanol–water partition coefficient (Wildman–Crippen LogP) is 2.33. The monoisotopic (exact) mass is 228 g/mol. The molecule has 0 saturated carbocycles. The molecule has 0 fully saturated rings. The van der Waals surface area contributed by atoms with Gasteiger partial charge in [0.2, 0.25) is 0 Å². The van der Waals surface area contributed by atoms with E-state index in [2.05, 4.69) is 11.8 Å². The van der Waals surface area contributed by atoms with Crippen LogP contribution >= 0.6 is 0 Å². The number of rotatable bonds is 10. The van der Waals surface area contributed by atoms with Crippen molar-refractivity contribution < 1.29 is 14.6 Å². The van der Waals surface area contributed by atoms with Gasteiger partial charge in [-0.25, -0.2) is 0 Å². The highest BCUT2D eigenvalue weighted by molar-refractivity contribution is 4.98. The highest BCUT2D eigenvalue weighted by atomic mass is 16.7. The van der Waals surface area contributed by atoms with E-state index in [4.69, 9.17) is 14.6 Å². The minimum atomic E-state index is 0.246. The average Bonchev–Trinajstić information content (AvgIpc) is 2.31. The molecule has 0 aromatic rings. The first kappa shape index (κ1) is 15.4. The highest BCUT2D eigenvalue weighted by Crippen LogP contribution is 2.02. The maximum atomic E-state index is 8.54. The van der Waals surface area contributed by atoms with Crippen LogP contribution in [0.3, 0.4) is 0 Å². The van der Waals surface area contributed by atoms with Crippen molar-refractivity contribution in [3.05, 3.63) is 0 Å². The van der Waals surface area contributed by atoms with Crippen LogP contribution in [0.1, 0.15) is 44.9 Å². The lowest BCUT2D eigenvalue weighted by atomic mass is 10.1. The van der Waals surface area contributed by atoms with Gasteiger partial charge in [-0.2, -0.15) is 0 Å². The molecule has 0 aromatic carbocycles. The Labute approximate surface area is 99.1 Å². The molecule has 0 aliphatic carbocycles. The van der Waals surface area contributed by atoms with Gasteiger partial charge < -0.3 is 14.6 Å². The van der Waals surface area contributed by atoms with Crippen LogP contribution in [0.2, 0.25) is 0 Å². The van der Waals surface area contributed by atoms with Gasteiger partial charge >= 0.3 is 0 Å². The minimum absolute atomic E-state index is 0.246. The van der Waals surface area contributed by atoms with Crippen molar-refractivity contribution in [2.75, 3.05) is 27.1 Å². The summed E-state index contributed by atoms with van der Waals surface area (Å²) < 4.78 is 9.96. The minimum Gasteiger partial charge on any atom is -0.396 e. The molecule has 0 heterocycles. The molecule has 0 atom stereocenters. The summed E-state index contributed by atoms with van der Waals surface area (Å²) in [7, 11) is 1.63.